The molecule has 1 aromatic heterocycles. The van der Waals surface area contributed by atoms with E-state index in [1.165, 1.54) is 23.5 Å². The first-order chi connectivity index (χ1) is 9.11. The Hall–Kier alpha value is -0.200. The zero-order valence-electron chi connectivity index (χ0n) is 11.3. The van der Waals surface area contributed by atoms with Gasteiger partial charge in [-0.15, -0.1) is 11.3 Å². The van der Waals surface area contributed by atoms with E-state index < -0.39 is 0 Å². The number of guanidine groups is 1. The monoisotopic (exact) mass is 361 g/mol. The van der Waals surface area contributed by atoms with Gasteiger partial charge in [-0.3, -0.25) is 4.99 Å². The summed E-state index contributed by atoms with van der Waals surface area (Å²) in [7, 11) is 1.82. The Balaban J connectivity index is 1.77. The van der Waals surface area contributed by atoms with Gasteiger partial charge in [0.05, 0.1) is 6.54 Å². The second-order valence-electron chi connectivity index (χ2n) is 4.91. The molecule has 2 rings (SSSR count). The predicted molar refractivity (Wildman–Crippen MR) is 90.3 cm³/mol. The van der Waals surface area contributed by atoms with Gasteiger partial charge in [0.1, 0.15) is 0 Å². The van der Waals surface area contributed by atoms with Gasteiger partial charge in [-0.05, 0) is 47.5 Å². The molecule has 1 unspecified atom stereocenters. The lowest BCUT2D eigenvalue weighted by atomic mass is 10.1. The van der Waals surface area contributed by atoms with E-state index in [0.717, 1.165) is 23.5 Å². The van der Waals surface area contributed by atoms with Crippen molar-refractivity contribution in [3.63, 3.8) is 0 Å². The van der Waals surface area contributed by atoms with Gasteiger partial charge in [0.15, 0.2) is 5.96 Å². The zero-order chi connectivity index (χ0) is 13.7. The molecule has 0 aromatic carbocycles. The average Bonchev–Trinajstić information content (AvgIpc) is 2.99. The summed E-state index contributed by atoms with van der Waals surface area (Å²) in [5.41, 5.74) is 0. The Labute approximate surface area is 131 Å². The minimum Gasteiger partial charge on any atom is -0.355 e. The molecule has 1 aliphatic rings. The van der Waals surface area contributed by atoms with E-state index in [9.17, 15) is 0 Å². The molecule has 0 saturated carbocycles. The summed E-state index contributed by atoms with van der Waals surface area (Å²) >= 11 is 7.29. The number of nitrogens with zero attached hydrogens (tertiary/aromatic N) is 1. The highest BCUT2D eigenvalue weighted by atomic mass is 79.9. The van der Waals surface area contributed by atoms with Crippen LogP contribution >= 0.6 is 39.0 Å². The van der Waals surface area contributed by atoms with E-state index in [1.54, 1.807) is 11.3 Å². The fraction of sp³-hybridized carbons (Fsp3) is 0.615. The second-order valence-corrected chi connectivity index (χ2v) is 8.51. The van der Waals surface area contributed by atoms with E-state index >= 15 is 0 Å². The van der Waals surface area contributed by atoms with Crippen LogP contribution in [-0.4, -0.2) is 30.1 Å². The number of hydrogen-bond donors (Lipinski definition) is 2. The molecule has 0 aliphatic carbocycles. The molecular formula is C13H20BrN3S2. The fourth-order valence-electron chi connectivity index (χ4n) is 2.08. The summed E-state index contributed by atoms with van der Waals surface area (Å²) in [6.45, 7) is 4.13. The minimum atomic E-state index is 0.365. The first kappa shape index (κ1) is 15.2. The molecule has 1 atom stereocenters. The summed E-state index contributed by atoms with van der Waals surface area (Å²) in [6.07, 6.45) is 2.62. The molecule has 1 saturated heterocycles. The first-order valence-corrected chi connectivity index (χ1v) is 9.08. The van der Waals surface area contributed by atoms with Crippen LogP contribution < -0.4 is 10.6 Å². The molecular weight excluding hydrogens is 342 g/mol. The number of aliphatic imine (C=N–C) groups is 1. The zero-order valence-corrected chi connectivity index (χ0v) is 14.6. The Kier molecular flexibility index (Phi) is 5.59. The molecule has 106 valence electrons. The summed E-state index contributed by atoms with van der Waals surface area (Å²) < 4.78 is 1.51. The molecule has 1 aromatic rings. The third-order valence-electron chi connectivity index (χ3n) is 3.21. The maximum absolute atomic E-state index is 4.28. The van der Waals surface area contributed by atoms with E-state index in [-0.39, 0.29) is 0 Å². The van der Waals surface area contributed by atoms with Gasteiger partial charge in [0.2, 0.25) is 0 Å². The van der Waals surface area contributed by atoms with E-state index in [0.29, 0.717) is 4.75 Å². The highest BCUT2D eigenvalue weighted by molar-refractivity contribution is 9.10. The summed E-state index contributed by atoms with van der Waals surface area (Å²) in [5.74, 6) is 2.17. The normalized spacial score (nSPS) is 23.6. The summed E-state index contributed by atoms with van der Waals surface area (Å²) in [4.78, 5) is 5.58. The fourth-order valence-corrected chi connectivity index (χ4v) is 4.72. The number of thiophene rings is 1. The van der Waals surface area contributed by atoms with Crippen LogP contribution in [0.4, 0.5) is 0 Å². The van der Waals surface area contributed by atoms with Crippen LogP contribution in [0.2, 0.25) is 0 Å². The van der Waals surface area contributed by atoms with Crippen molar-refractivity contribution in [3.05, 3.63) is 20.8 Å². The lowest BCUT2D eigenvalue weighted by Gasteiger charge is -2.24. The van der Waals surface area contributed by atoms with Crippen LogP contribution in [0.1, 0.15) is 24.6 Å². The maximum atomic E-state index is 4.28. The van der Waals surface area contributed by atoms with Crippen molar-refractivity contribution >= 4 is 45.0 Å². The van der Waals surface area contributed by atoms with Crippen molar-refractivity contribution in [2.75, 3.05) is 19.3 Å². The average molecular weight is 362 g/mol. The highest BCUT2D eigenvalue weighted by Crippen LogP contribution is 2.36. The predicted octanol–water partition coefficient (Wildman–Crippen LogP) is 3.46. The quantitative estimate of drug-likeness (QED) is 0.636. The molecule has 1 fully saturated rings. The Bertz CT molecular complexity index is 439. The van der Waals surface area contributed by atoms with Crippen molar-refractivity contribution in [1.82, 2.24) is 10.6 Å². The van der Waals surface area contributed by atoms with Gasteiger partial charge in [-0.2, -0.15) is 11.8 Å². The van der Waals surface area contributed by atoms with Crippen molar-refractivity contribution in [2.45, 2.75) is 31.1 Å². The van der Waals surface area contributed by atoms with Gasteiger partial charge in [0, 0.05) is 33.1 Å². The molecule has 2 heterocycles. The van der Waals surface area contributed by atoms with Gasteiger partial charge >= 0.3 is 0 Å². The van der Waals surface area contributed by atoms with Gasteiger partial charge in [-0.25, -0.2) is 0 Å². The van der Waals surface area contributed by atoms with E-state index in [2.05, 4.69) is 61.7 Å². The smallest absolute Gasteiger partial charge is 0.191 e. The number of rotatable bonds is 4. The molecule has 0 amide bonds. The highest BCUT2D eigenvalue weighted by Gasteiger charge is 2.29. The molecule has 0 radical (unpaired) electrons. The Morgan fingerprint density at radius 1 is 1.53 bits per heavy atom. The minimum absolute atomic E-state index is 0.365. The van der Waals surface area contributed by atoms with Crippen LogP contribution in [0.15, 0.2) is 20.9 Å². The van der Waals surface area contributed by atoms with Crippen molar-refractivity contribution < 1.29 is 0 Å². The SMILES string of the molecule is CN=C(NCc1cc(Br)cs1)NCC1(C)CCCS1. The number of nitrogens with one attached hydrogen (secondary N) is 2. The standard InChI is InChI=1S/C13H20BrN3S2/c1-13(4-3-5-19-13)9-17-12(15-2)16-7-11-6-10(14)8-18-11/h6,8H,3-5,7,9H2,1-2H3,(H2,15,16,17). The molecule has 6 heteroatoms. The number of thioether (sulfide) groups is 1. The van der Waals surface area contributed by atoms with Crippen molar-refractivity contribution in [1.29, 1.82) is 0 Å². The second kappa shape index (κ2) is 6.99. The topological polar surface area (TPSA) is 36.4 Å². The van der Waals surface area contributed by atoms with Crippen LogP contribution in [0.25, 0.3) is 0 Å². The molecule has 0 spiro atoms. The lowest BCUT2D eigenvalue weighted by molar-refractivity contribution is 0.585. The largest absolute Gasteiger partial charge is 0.355 e. The lowest BCUT2D eigenvalue weighted by Crippen LogP contribution is -2.43. The maximum Gasteiger partial charge on any atom is 0.191 e. The van der Waals surface area contributed by atoms with E-state index in [1.807, 2.05) is 7.05 Å². The van der Waals surface area contributed by atoms with Gasteiger partial charge < -0.3 is 10.6 Å². The van der Waals surface area contributed by atoms with Crippen LogP contribution in [0.3, 0.4) is 0 Å². The number of halogens is 1. The third kappa shape index (κ3) is 4.68. The van der Waals surface area contributed by atoms with Gasteiger partial charge in [-0.1, -0.05) is 0 Å². The van der Waals surface area contributed by atoms with Crippen LogP contribution in [0.5, 0.6) is 0 Å². The van der Waals surface area contributed by atoms with Crippen LogP contribution in [-0.2, 0) is 6.54 Å². The van der Waals surface area contributed by atoms with Crippen molar-refractivity contribution in [2.24, 2.45) is 4.99 Å². The molecule has 2 N–H and O–H groups in total. The Morgan fingerprint density at radius 2 is 2.37 bits per heavy atom. The molecule has 1 aliphatic heterocycles. The van der Waals surface area contributed by atoms with Crippen molar-refractivity contribution in [3.8, 4) is 0 Å². The van der Waals surface area contributed by atoms with Gasteiger partial charge in [0.25, 0.3) is 0 Å². The Morgan fingerprint density at radius 3 is 2.95 bits per heavy atom. The van der Waals surface area contributed by atoms with E-state index in [4.69, 9.17) is 0 Å². The summed E-state index contributed by atoms with van der Waals surface area (Å²) in [5, 5.41) is 8.90. The molecule has 3 nitrogen and oxygen atoms in total. The number of hydrogen-bond acceptors (Lipinski definition) is 3. The van der Waals surface area contributed by atoms with Crippen LogP contribution in [0, 0.1) is 0 Å². The first-order valence-electron chi connectivity index (χ1n) is 6.43. The summed E-state index contributed by atoms with van der Waals surface area (Å²) in [6, 6.07) is 2.14. The molecule has 19 heavy (non-hydrogen) atoms. The third-order valence-corrected chi connectivity index (χ3v) is 6.44. The molecule has 0 bridgehead atoms.